The molecule has 0 radical (unpaired) electrons. The Hall–Kier alpha value is -3.02. The van der Waals surface area contributed by atoms with Crippen LogP contribution in [0.25, 0.3) is 0 Å². The largest absolute Gasteiger partial charge is 0.465 e. The fourth-order valence-corrected chi connectivity index (χ4v) is 5.08. The van der Waals surface area contributed by atoms with Crippen LogP contribution in [0.1, 0.15) is 45.0 Å². The molecule has 2 heterocycles. The average molecular weight is 538 g/mol. The van der Waals surface area contributed by atoms with E-state index < -0.39 is 11.8 Å². The van der Waals surface area contributed by atoms with Crippen molar-refractivity contribution in [2.24, 2.45) is 0 Å². The number of halogens is 2. The second-order valence-corrected chi connectivity index (χ2v) is 9.24. The third-order valence-electron chi connectivity index (χ3n) is 5.27. The van der Waals surface area contributed by atoms with Crippen LogP contribution in [0.4, 0.5) is 15.2 Å². The van der Waals surface area contributed by atoms with E-state index in [9.17, 15) is 14.0 Å². The van der Waals surface area contributed by atoms with E-state index in [-0.39, 0.29) is 23.1 Å². The number of thiophene rings is 1. The minimum absolute atomic E-state index is 0.140. The van der Waals surface area contributed by atoms with Crippen LogP contribution in [0.3, 0.4) is 0 Å². The molecule has 3 aromatic rings. The molecule has 0 bridgehead atoms. The van der Waals surface area contributed by atoms with Gasteiger partial charge in [-0.25, -0.2) is 9.18 Å². The first-order chi connectivity index (χ1) is 16.7. The molecule has 0 saturated heterocycles. The number of hydrogen-bond acceptors (Lipinski definition) is 6. The minimum atomic E-state index is -0.575. The second kappa shape index (κ2) is 11.6. The van der Waals surface area contributed by atoms with Gasteiger partial charge < -0.3 is 20.3 Å². The van der Waals surface area contributed by atoms with Crippen LogP contribution in [0.15, 0.2) is 30.5 Å². The monoisotopic (exact) mass is 537 g/mol. The normalized spacial score (nSPS) is 10.7. The number of carbonyl (C=O) groups is 2. The molecule has 2 aromatic heterocycles. The topological polar surface area (TPSA) is 88.5 Å². The maximum Gasteiger partial charge on any atom is 0.341 e. The van der Waals surface area contributed by atoms with Crippen molar-refractivity contribution in [2.75, 3.05) is 30.8 Å². The fraction of sp³-hybridized carbons (Fsp3) is 0.304. The molecule has 0 unspecified atom stereocenters. The molecule has 1 aromatic carbocycles. The van der Waals surface area contributed by atoms with Gasteiger partial charge in [0.15, 0.2) is 10.9 Å². The molecule has 186 valence electrons. The summed E-state index contributed by atoms with van der Waals surface area (Å²) in [5, 5.41) is 11.1. The van der Waals surface area contributed by atoms with Gasteiger partial charge in [0.05, 0.1) is 24.1 Å². The Morgan fingerprint density at radius 1 is 1.26 bits per heavy atom. The van der Waals surface area contributed by atoms with Crippen molar-refractivity contribution < 1.29 is 18.7 Å². The summed E-state index contributed by atoms with van der Waals surface area (Å²) < 4.78 is 20.5. The maximum atomic E-state index is 14.1. The van der Waals surface area contributed by atoms with Gasteiger partial charge in [-0.2, -0.15) is 5.10 Å². The number of ether oxygens (including phenoxy) is 1. The Bertz CT molecular complexity index is 1240. The lowest BCUT2D eigenvalue weighted by atomic mass is 10.1. The zero-order valence-electron chi connectivity index (χ0n) is 19.6. The molecule has 0 aliphatic heterocycles. The number of carbonyl (C=O) groups excluding carboxylic acids is 2. The maximum absolute atomic E-state index is 14.1. The van der Waals surface area contributed by atoms with E-state index in [0.717, 1.165) is 11.3 Å². The van der Waals surface area contributed by atoms with Gasteiger partial charge in [-0.1, -0.05) is 17.7 Å². The van der Waals surface area contributed by atoms with Crippen molar-refractivity contribution >= 4 is 63.0 Å². The molecule has 0 fully saturated rings. The Morgan fingerprint density at radius 2 is 1.97 bits per heavy atom. The van der Waals surface area contributed by atoms with E-state index in [1.54, 1.807) is 30.2 Å². The van der Waals surface area contributed by atoms with Gasteiger partial charge in [-0.15, -0.1) is 11.3 Å². The van der Waals surface area contributed by atoms with Gasteiger partial charge in [-0.05, 0) is 50.7 Å². The lowest BCUT2D eigenvalue weighted by Gasteiger charge is -2.17. The van der Waals surface area contributed by atoms with Crippen LogP contribution in [0.2, 0.25) is 5.02 Å². The number of aromatic nitrogens is 2. The zero-order chi connectivity index (χ0) is 25.7. The van der Waals surface area contributed by atoms with E-state index >= 15 is 0 Å². The van der Waals surface area contributed by atoms with E-state index in [2.05, 4.69) is 15.7 Å². The standard InChI is InChI=1S/C23H25ClFN5O3S2/c1-5-29(6-2)21(31)19-13(3)18(22(32)33-4)20(35-19)27-23(34)26-17-10-11-30(28-17)12-14-15(24)8-7-9-16(14)25/h7-11H,5-6,12H2,1-4H3,(H2,26,27,28,34). The van der Waals surface area contributed by atoms with Crippen LogP contribution in [-0.2, 0) is 11.3 Å². The van der Waals surface area contributed by atoms with Crippen molar-refractivity contribution in [1.82, 2.24) is 14.7 Å². The lowest BCUT2D eigenvalue weighted by molar-refractivity contribution is 0.0601. The van der Waals surface area contributed by atoms with Gasteiger partial charge in [0.25, 0.3) is 5.91 Å². The van der Waals surface area contributed by atoms with Crippen molar-refractivity contribution in [2.45, 2.75) is 27.3 Å². The highest BCUT2D eigenvalue weighted by Crippen LogP contribution is 2.34. The molecule has 0 spiro atoms. The number of amides is 1. The quantitative estimate of drug-likeness (QED) is 0.302. The first-order valence-corrected chi connectivity index (χ1v) is 12.4. The lowest BCUT2D eigenvalue weighted by Crippen LogP contribution is -2.30. The van der Waals surface area contributed by atoms with Crippen molar-refractivity contribution in [1.29, 1.82) is 0 Å². The number of thiocarbonyl (C=S) groups is 1. The number of hydrogen-bond donors (Lipinski definition) is 2. The number of nitrogens with one attached hydrogen (secondary N) is 2. The van der Waals surface area contributed by atoms with Crippen LogP contribution in [-0.4, -0.2) is 51.9 Å². The summed E-state index contributed by atoms with van der Waals surface area (Å²) >= 11 is 12.6. The van der Waals surface area contributed by atoms with Crippen molar-refractivity contribution in [3.63, 3.8) is 0 Å². The van der Waals surface area contributed by atoms with E-state index in [4.69, 9.17) is 28.6 Å². The molecule has 2 N–H and O–H groups in total. The molecule has 8 nitrogen and oxygen atoms in total. The van der Waals surface area contributed by atoms with Crippen molar-refractivity contribution in [3.8, 4) is 0 Å². The molecule has 0 aliphatic carbocycles. The second-order valence-electron chi connectivity index (χ2n) is 7.41. The summed E-state index contributed by atoms with van der Waals surface area (Å²) in [7, 11) is 1.28. The van der Waals surface area contributed by atoms with Crippen LogP contribution in [0.5, 0.6) is 0 Å². The number of nitrogens with zero attached hydrogens (tertiary/aromatic N) is 3. The highest BCUT2D eigenvalue weighted by Gasteiger charge is 2.27. The summed E-state index contributed by atoms with van der Waals surface area (Å²) in [6, 6.07) is 6.16. The molecular formula is C23H25ClFN5O3S2. The van der Waals surface area contributed by atoms with Gasteiger partial charge in [-0.3, -0.25) is 9.48 Å². The van der Waals surface area contributed by atoms with E-state index in [0.29, 0.717) is 44.9 Å². The SMILES string of the molecule is CCN(CC)C(=O)c1sc(NC(=S)Nc2ccn(Cc3c(F)cccc3Cl)n2)c(C(=O)OC)c1C. The number of methoxy groups -OCH3 is 1. The Kier molecular flexibility index (Phi) is 8.82. The number of esters is 1. The minimum Gasteiger partial charge on any atom is -0.465 e. The fourth-order valence-electron chi connectivity index (χ4n) is 3.42. The smallest absolute Gasteiger partial charge is 0.341 e. The average Bonchev–Trinajstić information content (AvgIpc) is 3.40. The van der Waals surface area contributed by atoms with E-state index in [1.807, 2.05) is 13.8 Å². The predicted molar refractivity (Wildman–Crippen MR) is 140 cm³/mol. The van der Waals surface area contributed by atoms with Crippen LogP contribution < -0.4 is 10.6 Å². The van der Waals surface area contributed by atoms with Gasteiger partial charge in [0, 0.05) is 35.9 Å². The summed E-state index contributed by atoms with van der Waals surface area (Å²) in [5.74, 6) is -0.755. The predicted octanol–water partition coefficient (Wildman–Crippen LogP) is 5.17. The van der Waals surface area contributed by atoms with Gasteiger partial charge >= 0.3 is 5.97 Å². The summed E-state index contributed by atoms with van der Waals surface area (Å²) in [6.45, 7) is 6.72. The molecule has 3 rings (SSSR count). The number of benzene rings is 1. The van der Waals surface area contributed by atoms with Crippen molar-refractivity contribution in [3.05, 3.63) is 62.9 Å². The van der Waals surface area contributed by atoms with Crippen LogP contribution in [0, 0.1) is 12.7 Å². The Morgan fingerprint density at radius 3 is 2.60 bits per heavy atom. The molecule has 1 amide bonds. The molecule has 35 heavy (non-hydrogen) atoms. The first kappa shape index (κ1) is 26.6. The Balaban J connectivity index is 1.78. The summed E-state index contributed by atoms with van der Waals surface area (Å²) in [5.41, 5.74) is 1.10. The number of anilines is 2. The third-order valence-corrected chi connectivity index (χ3v) is 7.03. The molecule has 12 heteroatoms. The highest BCUT2D eigenvalue weighted by atomic mass is 35.5. The van der Waals surface area contributed by atoms with Gasteiger partial charge in [0.2, 0.25) is 0 Å². The molecule has 0 aliphatic rings. The zero-order valence-corrected chi connectivity index (χ0v) is 22.0. The summed E-state index contributed by atoms with van der Waals surface area (Å²) in [4.78, 5) is 27.5. The molecule has 0 saturated carbocycles. The molecular weight excluding hydrogens is 513 g/mol. The number of rotatable bonds is 8. The summed E-state index contributed by atoms with van der Waals surface area (Å²) in [6.07, 6.45) is 1.66. The Labute approximate surface area is 217 Å². The van der Waals surface area contributed by atoms with Crippen LogP contribution >= 0.6 is 35.2 Å². The first-order valence-electron chi connectivity index (χ1n) is 10.7. The van der Waals surface area contributed by atoms with Gasteiger partial charge in [0.1, 0.15) is 10.8 Å². The molecule has 0 atom stereocenters. The highest BCUT2D eigenvalue weighted by molar-refractivity contribution is 7.80. The van der Waals surface area contributed by atoms with E-state index in [1.165, 1.54) is 23.9 Å². The third kappa shape index (κ3) is 5.98.